The number of sulfonamides is 1. The molecule has 0 spiro atoms. The second-order valence-electron chi connectivity index (χ2n) is 7.06. The normalized spacial score (nSPS) is 21.9. The minimum Gasteiger partial charge on any atom is -0.476 e. The van der Waals surface area contributed by atoms with Crippen LogP contribution in [0.1, 0.15) is 51.9 Å². The van der Waals surface area contributed by atoms with Gasteiger partial charge in [-0.05, 0) is 31.9 Å². The Labute approximate surface area is 156 Å². The molecule has 1 N–H and O–H groups in total. The highest BCUT2D eigenvalue weighted by Gasteiger charge is 2.36. The first-order valence-corrected chi connectivity index (χ1v) is 11.2. The van der Waals surface area contributed by atoms with Crippen LogP contribution in [0.2, 0.25) is 0 Å². The summed E-state index contributed by atoms with van der Waals surface area (Å²) in [7, 11) is -3.47. The average Bonchev–Trinajstić information content (AvgIpc) is 2.62. The molecule has 1 aliphatic carbocycles. The van der Waals surface area contributed by atoms with Crippen molar-refractivity contribution in [3.05, 3.63) is 24.3 Å². The van der Waals surface area contributed by atoms with E-state index in [1.807, 2.05) is 0 Å². The van der Waals surface area contributed by atoms with Crippen molar-refractivity contribution in [1.29, 1.82) is 0 Å². The minimum absolute atomic E-state index is 0.0156. The number of benzene rings is 1. The molecular formula is C19H28N2O4S. The number of hydrogen-bond acceptors (Lipinski definition) is 4. The van der Waals surface area contributed by atoms with Crippen molar-refractivity contribution in [3.63, 3.8) is 0 Å². The van der Waals surface area contributed by atoms with E-state index in [-0.39, 0.29) is 24.2 Å². The highest BCUT2D eigenvalue weighted by atomic mass is 32.2. The predicted molar refractivity (Wildman–Crippen MR) is 102 cm³/mol. The van der Waals surface area contributed by atoms with Crippen LogP contribution in [-0.2, 0) is 14.8 Å². The molecule has 6 nitrogen and oxygen atoms in total. The van der Waals surface area contributed by atoms with Crippen LogP contribution in [0.25, 0.3) is 0 Å². The van der Waals surface area contributed by atoms with E-state index in [1.165, 1.54) is 23.6 Å². The smallest absolute Gasteiger partial charge is 0.263 e. The number of hydrogen-bond donors (Lipinski definition) is 1. The average molecular weight is 381 g/mol. The summed E-state index contributed by atoms with van der Waals surface area (Å²) in [6.07, 6.45) is 7.07. The lowest BCUT2D eigenvalue weighted by atomic mass is 9.96. The Morgan fingerprint density at radius 1 is 1.15 bits per heavy atom. The Hall–Kier alpha value is -1.76. The van der Waals surface area contributed by atoms with Gasteiger partial charge in [-0.15, -0.1) is 0 Å². The summed E-state index contributed by atoms with van der Waals surface area (Å²) in [5, 5.41) is 3.09. The quantitative estimate of drug-likeness (QED) is 0.871. The molecule has 1 unspecified atom stereocenters. The third kappa shape index (κ3) is 4.31. The summed E-state index contributed by atoms with van der Waals surface area (Å²) in [4.78, 5) is 12.8. The molecule has 1 aromatic rings. The van der Waals surface area contributed by atoms with E-state index in [2.05, 4.69) is 5.32 Å². The zero-order valence-corrected chi connectivity index (χ0v) is 16.1. The van der Waals surface area contributed by atoms with E-state index in [1.54, 1.807) is 31.2 Å². The van der Waals surface area contributed by atoms with E-state index in [0.717, 1.165) is 25.7 Å². The molecule has 26 heavy (non-hydrogen) atoms. The highest BCUT2D eigenvalue weighted by Crippen LogP contribution is 2.35. The molecule has 1 heterocycles. The fraction of sp³-hybridized carbons (Fsp3) is 0.632. The molecule has 0 aromatic heterocycles. The molecule has 0 bridgehead atoms. The summed E-state index contributed by atoms with van der Waals surface area (Å²) in [5.74, 6) is 0.202. The molecule has 1 aromatic carbocycles. The van der Waals surface area contributed by atoms with E-state index < -0.39 is 16.1 Å². The standard InChI is InChI=1S/C19H28N2O4S/c1-2-26(23,24)21-14-18(25-17-13-9-8-12-16(17)21)19(22)20-15-10-6-4-3-5-7-11-15/h8-9,12-13,15,18H,2-7,10-11,14H2,1H3,(H,20,22). The second kappa shape index (κ2) is 8.29. The first-order valence-electron chi connectivity index (χ1n) is 9.57. The van der Waals surface area contributed by atoms with Crippen LogP contribution in [0.15, 0.2) is 24.3 Å². The number of nitrogens with one attached hydrogen (secondary N) is 1. The van der Waals surface area contributed by atoms with Crippen molar-refractivity contribution >= 4 is 21.6 Å². The number of amides is 1. The molecule has 3 rings (SSSR count). The van der Waals surface area contributed by atoms with Crippen molar-refractivity contribution in [3.8, 4) is 5.75 Å². The van der Waals surface area contributed by atoms with Gasteiger partial charge in [0.2, 0.25) is 10.0 Å². The largest absolute Gasteiger partial charge is 0.476 e. The lowest BCUT2D eigenvalue weighted by molar-refractivity contribution is -0.128. The van der Waals surface area contributed by atoms with Gasteiger partial charge in [-0.25, -0.2) is 8.42 Å². The summed E-state index contributed by atoms with van der Waals surface area (Å²) in [6.45, 7) is 1.63. The summed E-state index contributed by atoms with van der Waals surface area (Å²) in [6, 6.07) is 7.13. The Balaban J connectivity index is 1.75. The minimum atomic E-state index is -3.47. The number of carbonyl (C=O) groups excluding carboxylic acids is 1. The topological polar surface area (TPSA) is 75.7 Å². The van der Waals surface area contributed by atoms with Gasteiger partial charge in [0.05, 0.1) is 18.0 Å². The monoisotopic (exact) mass is 380 g/mol. The maximum atomic E-state index is 12.8. The molecule has 1 aliphatic heterocycles. The van der Waals surface area contributed by atoms with Gasteiger partial charge >= 0.3 is 0 Å². The summed E-state index contributed by atoms with van der Waals surface area (Å²) >= 11 is 0. The second-order valence-corrected chi connectivity index (χ2v) is 9.24. The van der Waals surface area contributed by atoms with Crippen molar-refractivity contribution in [2.45, 2.75) is 64.0 Å². The molecule has 144 valence electrons. The third-order valence-electron chi connectivity index (χ3n) is 5.18. The zero-order chi connectivity index (χ0) is 18.6. The first-order chi connectivity index (χ1) is 12.5. The van der Waals surface area contributed by atoms with Gasteiger partial charge in [0, 0.05) is 6.04 Å². The van der Waals surface area contributed by atoms with Gasteiger partial charge in [-0.1, -0.05) is 44.2 Å². The molecule has 1 saturated carbocycles. The van der Waals surface area contributed by atoms with Gasteiger partial charge < -0.3 is 10.1 Å². The Kier molecular flexibility index (Phi) is 6.06. The van der Waals surface area contributed by atoms with Crippen molar-refractivity contribution < 1.29 is 17.9 Å². The molecule has 1 atom stereocenters. The maximum absolute atomic E-state index is 12.8. The van der Waals surface area contributed by atoms with Crippen LogP contribution in [0.4, 0.5) is 5.69 Å². The number of para-hydroxylation sites is 2. The van der Waals surface area contributed by atoms with Gasteiger partial charge in [0.1, 0.15) is 5.75 Å². The molecular weight excluding hydrogens is 352 g/mol. The van der Waals surface area contributed by atoms with Crippen LogP contribution >= 0.6 is 0 Å². The molecule has 0 saturated heterocycles. The Morgan fingerprint density at radius 2 is 1.81 bits per heavy atom. The van der Waals surface area contributed by atoms with Crippen LogP contribution in [0.3, 0.4) is 0 Å². The number of fused-ring (bicyclic) bond motifs is 1. The van der Waals surface area contributed by atoms with Crippen molar-refractivity contribution in [2.24, 2.45) is 0 Å². The lowest BCUT2D eigenvalue weighted by Gasteiger charge is -2.35. The third-order valence-corrected chi connectivity index (χ3v) is 6.93. The lowest BCUT2D eigenvalue weighted by Crippen LogP contribution is -2.52. The van der Waals surface area contributed by atoms with E-state index in [4.69, 9.17) is 4.74 Å². The molecule has 0 radical (unpaired) electrons. The van der Waals surface area contributed by atoms with Gasteiger partial charge in [-0.3, -0.25) is 9.10 Å². The first kappa shape index (κ1) is 19.0. The number of anilines is 1. The molecule has 1 amide bonds. The fourth-order valence-electron chi connectivity index (χ4n) is 3.65. The van der Waals surface area contributed by atoms with Crippen LogP contribution < -0.4 is 14.4 Å². The van der Waals surface area contributed by atoms with E-state index in [0.29, 0.717) is 11.4 Å². The summed E-state index contributed by atoms with van der Waals surface area (Å²) < 4.78 is 32.2. The van der Waals surface area contributed by atoms with Gasteiger partial charge in [-0.2, -0.15) is 0 Å². The number of rotatable bonds is 4. The maximum Gasteiger partial charge on any atom is 0.263 e. The van der Waals surface area contributed by atoms with Gasteiger partial charge in [0.15, 0.2) is 6.10 Å². The van der Waals surface area contributed by atoms with Crippen LogP contribution in [0.5, 0.6) is 5.75 Å². The van der Waals surface area contributed by atoms with Crippen LogP contribution in [0, 0.1) is 0 Å². The number of carbonyl (C=O) groups is 1. The Bertz CT molecular complexity index is 727. The molecule has 7 heteroatoms. The fourth-order valence-corrected chi connectivity index (χ4v) is 4.78. The number of nitrogens with zero attached hydrogens (tertiary/aromatic N) is 1. The van der Waals surface area contributed by atoms with Crippen molar-refractivity contribution in [1.82, 2.24) is 5.32 Å². The summed E-state index contributed by atoms with van der Waals surface area (Å²) in [5.41, 5.74) is 0.504. The predicted octanol–water partition coefficient (Wildman–Crippen LogP) is 2.83. The highest BCUT2D eigenvalue weighted by molar-refractivity contribution is 7.92. The van der Waals surface area contributed by atoms with E-state index >= 15 is 0 Å². The zero-order valence-electron chi connectivity index (χ0n) is 15.3. The molecule has 2 aliphatic rings. The SMILES string of the molecule is CCS(=O)(=O)N1CC(C(=O)NC2CCCCCCC2)Oc2ccccc21. The van der Waals surface area contributed by atoms with Gasteiger partial charge in [0.25, 0.3) is 5.91 Å². The van der Waals surface area contributed by atoms with Crippen LogP contribution in [-0.4, -0.2) is 38.8 Å². The van der Waals surface area contributed by atoms with E-state index in [9.17, 15) is 13.2 Å². The van der Waals surface area contributed by atoms with Crippen molar-refractivity contribution in [2.75, 3.05) is 16.6 Å². The Morgan fingerprint density at radius 3 is 2.50 bits per heavy atom. The molecule has 1 fully saturated rings. The number of ether oxygens (including phenoxy) is 1.